The lowest BCUT2D eigenvalue weighted by Crippen LogP contribution is -2.17. The van der Waals surface area contributed by atoms with Crippen LogP contribution in [0.25, 0.3) is 0 Å². The van der Waals surface area contributed by atoms with Crippen LogP contribution in [-0.2, 0) is 19.8 Å². The molecule has 2 aromatic heterocycles. The van der Waals surface area contributed by atoms with Gasteiger partial charge in [0.1, 0.15) is 10.7 Å². The van der Waals surface area contributed by atoms with Crippen LogP contribution < -0.4 is 5.32 Å². The van der Waals surface area contributed by atoms with E-state index >= 15 is 0 Å². The van der Waals surface area contributed by atoms with Crippen molar-refractivity contribution in [3.8, 4) is 0 Å². The molecule has 2 heterocycles. The number of hydrogen-bond acceptors (Lipinski definition) is 3. The van der Waals surface area contributed by atoms with Gasteiger partial charge in [-0.3, -0.25) is 14.2 Å². The van der Waals surface area contributed by atoms with Crippen LogP contribution in [-0.4, -0.2) is 25.5 Å². The molecule has 0 atom stereocenters. The highest BCUT2D eigenvalue weighted by molar-refractivity contribution is 9.10. The monoisotopic (exact) mass is 461 g/mol. The zero-order chi connectivity index (χ0) is 19.8. The summed E-state index contributed by atoms with van der Waals surface area (Å²) in [5.41, 5.74) is -0.509. The maximum Gasteiger partial charge on any atom is 0.436 e. The maximum atomic E-state index is 12.9. The minimum Gasteiger partial charge on any atom is -0.302 e. The molecule has 3 aromatic rings. The molecule has 3 rings (SSSR count). The van der Waals surface area contributed by atoms with Crippen molar-refractivity contribution in [3.63, 3.8) is 0 Å². The smallest absolute Gasteiger partial charge is 0.302 e. The van der Waals surface area contributed by atoms with E-state index in [0.717, 1.165) is 10.2 Å². The number of amides is 1. The van der Waals surface area contributed by atoms with Gasteiger partial charge in [-0.15, -0.1) is 0 Å². The first-order valence-electron chi connectivity index (χ1n) is 7.54. The summed E-state index contributed by atoms with van der Waals surface area (Å²) in [6.45, 7) is 0.421. The van der Waals surface area contributed by atoms with Gasteiger partial charge in [0.05, 0.1) is 11.0 Å². The summed E-state index contributed by atoms with van der Waals surface area (Å²) in [6.07, 6.45) is -3.17. The first kappa shape index (κ1) is 19.4. The summed E-state index contributed by atoms with van der Waals surface area (Å²) in [6, 6.07) is 9.44. The first-order valence-corrected chi connectivity index (χ1v) is 8.72. The number of carbonyl (C=O) groups excluding carboxylic acids is 1. The van der Waals surface area contributed by atoms with E-state index in [1.165, 1.54) is 17.9 Å². The van der Waals surface area contributed by atoms with E-state index in [4.69, 9.17) is 11.6 Å². The molecule has 0 bridgehead atoms. The Morgan fingerprint density at radius 1 is 1.26 bits per heavy atom. The standard InChI is InChI=1S/C16H12BrClF3N5O/c1-25-12(11(17)13(23-25)16(19,20)21)15(27)22-14-10(18)8-26(24-14)7-9-5-3-2-4-6-9/h2-6,8H,7H2,1H3,(H,22,24,27). The first-order chi connectivity index (χ1) is 12.7. The fourth-order valence-corrected chi connectivity index (χ4v) is 3.36. The van der Waals surface area contributed by atoms with E-state index in [9.17, 15) is 18.0 Å². The van der Waals surface area contributed by atoms with E-state index in [-0.39, 0.29) is 16.5 Å². The molecule has 0 spiro atoms. The lowest BCUT2D eigenvalue weighted by molar-refractivity contribution is -0.142. The number of alkyl halides is 3. The minimum atomic E-state index is -4.69. The average Bonchev–Trinajstić information content (AvgIpc) is 3.07. The second-order valence-corrected chi connectivity index (χ2v) is 6.80. The summed E-state index contributed by atoms with van der Waals surface area (Å²) < 4.78 is 40.7. The Morgan fingerprint density at radius 3 is 2.52 bits per heavy atom. The molecule has 0 unspecified atom stereocenters. The number of aryl methyl sites for hydroxylation is 1. The van der Waals surface area contributed by atoms with Gasteiger partial charge >= 0.3 is 6.18 Å². The van der Waals surface area contributed by atoms with Gasteiger partial charge in [0.2, 0.25) is 0 Å². The quantitative estimate of drug-likeness (QED) is 0.627. The fraction of sp³-hybridized carbons (Fsp3) is 0.188. The van der Waals surface area contributed by atoms with Crippen LogP contribution in [0.5, 0.6) is 0 Å². The van der Waals surface area contributed by atoms with Gasteiger partial charge in [0.25, 0.3) is 5.91 Å². The van der Waals surface area contributed by atoms with E-state index in [1.54, 1.807) is 0 Å². The van der Waals surface area contributed by atoms with Crippen molar-refractivity contribution in [2.45, 2.75) is 12.7 Å². The molecular formula is C16H12BrClF3N5O. The lowest BCUT2D eigenvalue weighted by Gasteiger charge is -2.04. The number of anilines is 1. The van der Waals surface area contributed by atoms with Crippen molar-refractivity contribution < 1.29 is 18.0 Å². The number of halogens is 5. The second kappa shape index (κ2) is 7.35. The van der Waals surface area contributed by atoms with Gasteiger partial charge in [0, 0.05) is 13.2 Å². The Morgan fingerprint density at radius 2 is 1.93 bits per heavy atom. The molecule has 0 saturated carbocycles. The summed E-state index contributed by atoms with van der Waals surface area (Å²) in [5, 5.41) is 10.1. The molecule has 0 radical (unpaired) electrons. The number of nitrogens with one attached hydrogen (secondary N) is 1. The SMILES string of the molecule is Cn1nc(C(F)(F)F)c(Br)c1C(=O)Nc1nn(Cc2ccccc2)cc1Cl. The second-order valence-electron chi connectivity index (χ2n) is 5.60. The van der Waals surface area contributed by atoms with Crippen LogP contribution >= 0.6 is 27.5 Å². The van der Waals surface area contributed by atoms with Gasteiger partial charge in [-0.1, -0.05) is 41.9 Å². The molecule has 0 aliphatic heterocycles. The van der Waals surface area contributed by atoms with Crippen molar-refractivity contribution in [1.29, 1.82) is 0 Å². The molecule has 142 valence electrons. The van der Waals surface area contributed by atoms with Crippen molar-refractivity contribution in [1.82, 2.24) is 19.6 Å². The Bertz CT molecular complexity index is 984. The Balaban J connectivity index is 1.82. The highest BCUT2D eigenvalue weighted by atomic mass is 79.9. The third-order valence-corrected chi connectivity index (χ3v) is 4.64. The van der Waals surface area contributed by atoms with Gasteiger partial charge in [-0.25, -0.2) is 0 Å². The molecule has 0 aliphatic rings. The van der Waals surface area contributed by atoms with E-state index in [2.05, 4.69) is 31.4 Å². The van der Waals surface area contributed by atoms with Gasteiger partial charge in [-0.05, 0) is 21.5 Å². The average molecular weight is 463 g/mol. The van der Waals surface area contributed by atoms with Crippen molar-refractivity contribution in [2.24, 2.45) is 7.05 Å². The van der Waals surface area contributed by atoms with E-state index in [1.807, 2.05) is 30.3 Å². The molecule has 0 saturated heterocycles. The summed E-state index contributed by atoms with van der Waals surface area (Å²) in [7, 11) is 1.24. The number of aromatic nitrogens is 4. The molecule has 1 aromatic carbocycles. The van der Waals surface area contributed by atoms with Crippen LogP contribution in [0.1, 0.15) is 21.7 Å². The number of hydrogen-bond donors (Lipinski definition) is 1. The van der Waals surface area contributed by atoms with Crippen LogP contribution in [0.15, 0.2) is 41.0 Å². The lowest BCUT2D eigenvalue weighted by atomic mass is 10.2. The molecule has 0 fully saturated rings. The van der Waals surface area contributed by atoms with Crippen molar-refractivity contribution >= 4 is 39.3 Å². The normalized spacial score (nSPS) is 11.6. The van der Waals surface area contributed by atoms with Crippen LogP contribution in [0.3, 0.4) is 0 Å². The number of carbonyl (C=O) groups is 1. The highest BCUT2D eigenvalue weighted by Crippen LogP contribution is 2.35. The topological polar surface area (TPSA) is 64.7 Å². The molecule has 6 nitrogen and oxygen atoms in total. The predicted molar refractivity (Wildman–Crippen MR) is 96.6 cm³/mol. The van der Waals surface area contributed by atoms with Gasteiger partial charge in [0.15, 0.2) is 11.5 Å². The molecular weight excluding hydrogens is 451 g/mol. The van der Waals surface area contributed by atoms with Crippen LogP contribution in [0, 0.1) is 0 Å². The Hall–Kier alpha value is -2.33. The summed E-state index contributed by atoms with van der Waals surface area (Å²) in [4.78, 5) is 12.4. The maximum absolute atomic E-state index is 12.9. The van der Waals surface area contributed by atoms with Crippen molar-refractivity contribution in [3.05, 3.63) is 63.0 Å². The molecule has 1 amide bonds. The molecule has 0 aliphatic carbocycles. The zero-order valence-electron chi connectivity index (χ0n) is 13.8. The highest BCUT2D eigenvalue weighted by Gasteiger charge is 2.39. The fourth-order valence-electron chi connectivity index (χ4n) is 2.43. The number of nitrogens with zero attached hydrogens (tertiary/aromatic N) is 4. The third-order valence-electron chi connectivity index (χ3n) is 3.61. The van der Waals surface area contributed by atoms with E-state index < -0.39 is 22.3 Å². The van der Waals surface area contributed by atoms with Gasteiger partial charge in [-0.2, -0.15) is 23.4 Å². The summed E-state index contributed by atoms with van der Waals surface area (Å²) >= 11 is 8.88. The summed E-state index contributed by atoms with van der Waals surface area (Å²) in [5.74, 6) is -0.779. The number of rotatable bonds is 4. The Labute approximate surface area is 165 Å². The van der Waals surface area contributed by atoms with Crippen molar-refractivity contribution in [2.75, 3.05) is 5.32 Å². The molecule has 11 heteroatoms. The molecule has 1 N–H and O–H groups in total. The molecule has 27 heavy (non-hydrogen) atoms. The number of benzene rings is 1. The zero-order valence-corrected chi connectivity index (χ0v) is 16.1. The van der Waals surface area contributed by atoms with Gasteiger partial charge < -0.3 is 5.32 Å². The Kier molecular flexibility index (Phi) is 5.29. The van der Waals surface area contributed by atoms with E-state index in [0.29, 0.717) is 6.54 Å². The van der Waals surface area contributed by atoms with Crippen LogP contribution in [0.2, 0.25) is 5.02 Å². The predicted octanol–water partition coefficient (Wildman–Crippen LogP) is 4.35. The minimum absolute atomic E-state index is 0.0410. The third kappa shape index (κ3) is 4.16. The van der Waals surface area contributed by atoms with Crippen LogP contribution in [0.4, 0.5) is 19.0 Å². The largest absolute Gasteiger partial charge is 0.436 e.